The van der Waals surface area contributed by atoms with Crippen LogP contribution in [0.2, 0.25) is 0 Å². The van der Waals surface area contributed by atoms with Crippen molar-refractivity contribution in [2.75, 3.05) is 29.4 Å². The van der Waals surface area contributed by atoms with Crippen LogP contribution >= 0.6 is 11.3 Å². The fourth-order valence-corrected chi connectivity index (χ4v) is 4.95. The predicted molar refractivity (Wildman–Crippen MR) is 93.8 cm³/mol. The van der Waals surface area contributed by atoms with Crippen molar-refractivity contribution in [2.24, 2.45) is 11.3 Å². The predicted octanol–water partition coefficient (Wildman–Crippen LogP) is 2.59. The van der Waals surface area contributed by atoms with E-state index in [1.54, 1.807) is 11.3 Å². The quantitative estimate of drug-likeness (QED) is 0.919. The second-order valence-electron chi connectivity index (χ2n) is 7.54. The summed E-state index contributed by atoms with van der Waals surface area (Å²) < 4.78 is 0. The van der Waals surface area contributed by atoms with E-state index in [-0.39, 0.29) is 5.41 Å². The molecule has 0 aromatic carbocycles. The number of aromatic nitrogens is 2. The average Bonchev–Trinajstić information content (AvgIpc) is 2.98. The zero-order chi connectivity index (χ0) is 16.5. The topological polar surface area (TPSA) is 69.6 Å². The first kappa shape index (κ1) is 14.5. The molecule has 1 N–H and O–H groups in total. The number of nitrogens with zero attached hydrogens (tertiary/aromatic N) is 4. The number of carboxylic acid groups (broad SMARTS) is 1. The van der Waals surface area contributed by atoms with Crippen LogP contribution in [0, 0.1) is 11.3 Å². The van der Waals surface area contributed by atoms with E-state index >= 15 is 0 Å². The molecule has 2 aromatic heterocycles. The van der Waals surface area contributed by atoms with Crippen molar-refractivity contribution in [3.63, 3.8) is 0 Å². The number of thiophene rings is 1. The number of rotatable bonds is 4. The number of carboxylic acids is 1. The molecule has 3 aliphatic rings. The molecule has 4 heterocycles. The summed E-state index contributed by atoms with van der Waals surface area (Å²) in [5.41, 5.74) is 0.232. The normalized spacial score (nSPS) is 27.2. The summed E-state index contributed by atoms with van der Waals surface area (Å²) >= 11 is 1.66. The summed E-state index contributed by atoms with van der Waals surface area (Å²) in [7, 11) is 0. The Kier molecular flexibility index (Phi) is 2.90. The zero-order valence-electron chi connectivity index (χ0n) is 13.6. The van der Waals surface area contributed by atoms with E-state index in [1.165, 1.54) is 6.42 Å². The first-order valence-electron chi connectivity index (χ1n) is 8.54. The van der Waals surface area contributed by atoms with Crippen LogP contribution in [-0.4, -0.2) is 46.7 Å². The molecule has 0 unspecified atom stereocenters. The highest BCUT2D eigenvalue weighted by molar-refractivity contribution is 7.16. The van der Waals surface area contributed by atoms with Crippen molar-refractivity contribution < 1.29 is 9.90 Å². The number of carbonyl (C=O) groups is 1. The van der Waals surface area contributed by atoms with Crippen LogP contribution in [0.5, 0.6) is 0 Å². The highest BCUT2D eigenvalue weighted by Gasteiger charge is 2.62. The first-order valence-corrected chi connectivity index (χ1v) is 9.42. The molecule has 2 saturated heterocycles. The van der Waals surface area contributed by atoms with Crippen LogP contribution in [0.3, 0.4) is 0 Å². The Balaban J connectivity index is 1.41. The van der Waals surface area contributed by atoms with Crippen LogP contribution in [0.15, 0.2) is 11.4 Å². The average molecular weight is 344 g/mol. The second kappa shape index (κ2) is 4.81. The minimum absolute atomic E-state index is 0.232. The van der Waals surface area contributed by atoms with E-state index in [2.05, 4.69) is 28.2 Å². The zero-order valence-corrected chi connectivity index (χ0v) is 14.4. The largest absolute Gasteiger partial charge is 0.481 e. The molecule has 1 saturated carbocycles. The lowest BCUT2D eigenvalue weighted by atomic mass is 9.92. The van der Waals surface area contributed by atoms with Gasteiger partial charge in [0, 0.05) is 37.5 Å². The van der Waals surface area contributed by atoms with Crippen LogP contribution in [0.4, 0.5) is 11.8 Å². The van der Waals surface area contributed by atoms with Gasteiger partial charge in [-0.25, -0.2) is 4.98 Å². The Bertz CT molecular complexity index is 829. The molecule has 2 aliphatic heterocycles. The molecular weight excluding hydrogens is 324 g/mol. The third-order valence-electron chi connectivity index (χ3n) is 5.96. The maximum atomic E-state index is 10.9. The van der Waals surface area contributed by atoms with E-state index in [0.29, 0.717) is 18.4 Å². The van der Waals surface area contributed by atoms with Gasteiger partial charge in [0.2, 0.25) is 5.95 Å². The molecule has 2 atom stereocenters. The summed E-state index contributed by atoms with van der Waals surface area (Å²) in [6.45, 7) is 5.11. The Morgan fingerprint density at radius 1 is 1.46 bits per heavy atom. The van der Waals surface area contributed by atoms with Crippen LogP contribution < -0.4 is 9.80 Å². The van der Waals surface area contributed by atoms with Crippen LogP contribution in [0.1, 0.15) is 26.2 Å². The number of anilines is 2. The summed E-state index contributed by atoms with van der Waals surface area (Å²) in [6, 6.07) is 2.62. The number of aliphatic carboxylic acids is 1. The van der Waals surface area contributed by atoms with E-state index in [4.69, 9.17) is 15.1 Å². The van der Waals surface area contributed by atoms with E-state index in [9.17, 15) is 4.79 Å². The molecule has 7 heteroatoms. The maximum absolute atomic E-state index is 10.9. The van der Waals surface area contributed by atoms with Crippen molar-refractivity contribution in [1.29, 1.82) is 0 Å². The Morgan fingerprint density at radius 3 is 2.96 bits per heavy atom. The van der Waals surface area contributed by atoms with Crippen LogP contribution in [-0.2, 0) is 4.79 Å². The molecule has 0 amide bonds. The summed E-state index contributed by atoms with van der Waals surface area (Å²) in [5.74, 6) is 1.55. The number of hydrogen-bond donors (Lipinski definition) is 1. The van der Waals surface area contributed by atoms with E-state index < -0.39 is 5.97 Å². The standard InChI is InChI=1S/C17H20N4O2S/c1-10-2-4-21(10)16-18-14(12-3-5-24-15(12)19-16)20-8-17(9-20)7-11(17)6-13(22)23/h3,5,10-11H,2,4,6-9H2,1H3,(H,22,23)/t10-,11-/m0/s1. The SMILES string of the molecule is C[C@H]1CCN1c1nc(N2CC3(C[C@@H]3CC(=O)O)C2)c2ccsc2n1. The molecule has 2 aromatic rings. The number of hydrogen-bond acceptors (Lipinski definition) is 6. The first-order chi connectivity index (χ1) is 11.6. The molecule has 0 bridgehead atoms. The Morgan fingerprint density at radius 2 is 2.29 bits per heavy atom. The van der Waals surface area contributed by atoms with Gasteiger partial charge in [-0.3, -0.25) is 4.79 Å². The van der Waals surface area contributed by atoms with Crippen molar-refractivity contribution in [2.45, 2.75) is 32.2 Å². The van der Waals surface area contributed by atoms with Gasteiger partial charge in [-0.2, -0.15) is 4.98 Å². The van der Waals surface area contributed by atoms with Gasteiger partial charge < -0.3 is 14.9 Å². The summed E-state index contributed by atoms with van der Waals surface area (Å²) in [5, 5.41) is 12.2. The summed E-state index contributed by atoms with van der Waals surface area (Å²) in [6.07, 6.45) is 2.55. The summed E-state index contributed by atoms with van der Waals surface area (Å²) in [4.78, 5) is 26.2. The van der Waals surface area contributed by atoms with Gasteiger partial charge in [0.1, 0.15) is 10.6 Å². The minimum atomic E-state index is -0.674. The second-order valence-corrected chi connectivity index (χ2v) is 8.43. The lowest BCUT2D eigenvalue weighted by Crippen LogP contribution is -2.51. The van der Waals surface area contributed by atoms with Gasteiger partial charge in [0.05, 0.1) is 5.39 Å². The third-order valence-corrected chi connectivity index (χ3v) is 6.77. The van der Waals surface area contributed by atoms with Gasteiger partial charge in [-0.05, 0) is 37.1 Å². The molecule has 0 radical (unpaired) electrons. The van der Waals surface area contributed by atoms with Gasteiger partial charge in [-0.15, -0.1) is 11.3 Å². The lowest BCUT2D eigenvalue weighted by Gasteiger charge is -2.43. The highest BCUT2D eigenvalue weighted by atomic mass is 32.1. The highest BCUT2D eigenvalue weighted by Crippen LogP contribution is 2.61. The molecule has 1 spiro atoms. The Labute approximate surface area is 144 Å². The molecule has 126 valence electrons. The van der Waals surface area contributed by atoms with E-state index in [0.717, 1.165) is 48.0 Å². The molecule has 24 heavy (non-hydrogen) atoms. The van der Waals surface area contributed by atoms with Crippen molar-refractivity contribution in [3.05, 3.63) is 11.4 Å². The monoisotopic (exact) mass is 344 g/mol. The Hall–Kier alpha value is -1.89. The minimum Gasteiger partial charge on any atom is -0.481 e. The maximum Gasteiger partial charge on any atom is 0.303 e. The fraction of sp³-hybridized carbons (Fsp3) is 0.588. The number of fused-ring (bicyclic) bond motifs is 1. The molecular formula is C17H20N4O2S. The smallest absolute Gasteiger partial charge is 0.303 e. The molecule has 6 nitrogen and oxygen atoms in total. The lowest BCUT2D eigenvalue weighted by molar-refractivity contribution is -0.137. The molecule has 1 aliphatic carbocycles. The third kappa shape index (κ3) is 2.03. The van der Waals surface area contributed by atoms with Gasteiger partial charge in [0.15, 0.2) is 0 Å². The van der Waals surface area contributed by atoms with Gasteiger partial charge in [-0.1, -0.05) is 0 Å². The van der Waals surface area contributed by atoms with Crippen molar-refractivity contribution in [1.82, 2.24) is 9.97 Å². The fourth-order valence-electron chi connectivity index (χ4n) is 4.19. The molecule has 3 fully saturated rings. The van der Waals surface area contributed by atoms with Gasteiger partial charge >= 0.3 is 5.97 Å². The van der Waals surface area contributed by atoms with Crippen LogP contribution in [0.25, 0.3) is 10.2 Å². The van der Waals surface area contributed by atoms with Crippen molar-refractivity contribution in [3.8, 4) is 0 Å². The molecule has 5 rings (SSSR count). The van der Waals surface area contributed by atoms with Crippen molar-refractivity contribution >= 4 is 39.3 Å². The van der Waals surface area contributed by atoms with Gasteiger partial charge in [0.25, 0.3) is 0 Å². The van der Waals surface area contributed by atoms with E-state index in [1.807, 2.05) is 0 Å².